The van der Waals surface area contributed by atoms with Crippen LogP contribution in [0.3, 0.4) is 0 Å². The fraction of sp³-hybridized carbons (Fsp3) is 0.200. The van der Waals surface area contributed by atoms with Crippen molar-refractivity contribution in [2.75, 3.05) is 7.11 Å². The molecule has 0 aliphatic heterocycles. The largest absolute Gasteiger partial charge is 0.496 e. The van der Waals surface area contributed by atoms with Crippen LogP contribution >= 0.6 is 34.2 Å². The summed E-state index contributed by atoms with van der Waals surface area (Å²) in [4.78, 5) is 12.0. The zero-order valence-corrected chi connectivity index (χ0v) is 12.7. The van der Waals surface area contributed by atoms with Crippen molar-refractivity contribution in [2.45, 2.75) is 6.54 Å². The molecular formula is C10H9ClIN5O2. The number of nitrogens with one attached hydrogen (secondary N) is 2. The van der Waals surface area contributed by atoms with Crippen LogP contribution in [0.15, 0.2) is 12.1 Å². The number of amides is 1. The minimum absolute atomic E-state index is 0.169. The van der Waals surface area contributed by atoms with Crippen molar-refractivity contribution in [1.82, 2.24) is 25.9 Å². The monoisotopic (exact) mass is 393 g/mol. The van der Waals surface area contributed by atoms with Gasteiger partial charge in [0.1, 0.15) is 5.75 Å². The lowest BCUT2D eigenvalue weighted by Crippen LogP contribution is -2.24. The Hall–Kier alpha value is -1.42. The van der Waals surface area contributed by atoms with E-state index in [2.05, 4.69) is 48.5 Å². The number of H-pyrrole nitrogens is 1. The molecule has 19 heavy (non-hydrogen) atoms. The van der Waals surface area contributed by atoms with E-state index in [9.17, 15) is 4.79 Å². The van der Waals surface area contributed by atoms with Crippen LogP contribution in [0.25, 0.3) is 0 Å². The Morgan fingerprint density at radius 3 is 3.00 bits per heavy atom. The molecule has 2 aromatic rings. The van der Waals surface area contributed by atoms with Gasteiger partial charge in [-0.2, -0.15) is 5.21 Å². The molecular weight excluding hydrogens is 385 g/mol. The number of nitrogens with zero attached hydrogens (tertiary/aromatic N) is 3. The lowest BCUT2D eigenvalue weighted by Gasteiger charge is -2.10. The Morgan fingerprint density at radius 2 is 2.37 bits per heavy atom. The third-order valence-corrected chi connectivity index (χ3v) is 3.81. The first kappa shape index (κ1) is 14.0. The van der Waals surface area contributed by atoms with Crippen molar-refractivity contribution in [3.8, 4) is 5.75 Å². The second kappa shape index (κ2) is 6.15. The van der Waals surface area contributed by atoms with Gasteiger partial charge in [-0.15, -0.1) is 10.2 Å². The first-order valence-corrected chi connectivity index (χ1v) is 6.61. The van der Waals surface area contributed by atoms with E-state index in [0.717, 1.165) is 3.57 Å². The molecule has 100 valence electrons. The van der Waals surface area contributed by atoms with Gasteiger partial charge in [0.05, 0.1) is 24.2 Å². The van der Waals surface area contributed by atoms with Crippen LogP contribution < -0.4 is 10.1 Å². The van der Waals surface area contributed by atoms with Gasteiger partial charge in [0.15, 0.2) is 5.82 Å². The second-order valence-corrected chi connectivity index (χ2v) is 5.05. The Labute approximate surface area is 127 Å². The zero-order chi connectivity index (χ0) is 13.8. The number of benzene rings is 1. The van der Waals surface area contributed by atoms with E-state index < -0.39 is 0 Å². The number of aromatic amines is 1. The first-order valence-electron chi connectivity index (χ1n) is 5.15. The number of carbonyl (C=O) groups is 1. The normalized spacial score (nSPS) is 10.3. The van der Waals surface area contributed by atoms with Gasteiger partial charge in [0, 0.05) is 3.57 Å². The maximum Gasteiger partial charge on any atom is 0.255 e. The molecule has 0 radical (unpaired) electrons. The van der Waals surface area contributed by atoms with Crippen molar-refractivity contribution >= 4 is 40.1 Å². The molecule has 0 bridgehead atoms. The maximum atomic E-state index is 12.0. The molecule has 0 aliphatic rings. The highest BCUT2D eigenvalue weighted by Crippen LogP contribution is 2.28. The second-order valence-electron chi connectivity index (χ2n) is 3.48. The summed E-state index contributed by atoms with van der Waals surface area (Å²) in [5.41, 5.74) is 0.358. The average molecular weight is 394 g/mol. The van der Waals surface area contributed by atoms with E-state index in [1.54, 1.807) is 12.1 Å². The van der Waals surface area contributed by atoms with E-state index in [1.807, 2.05) is 0 Å². The highest BCUT2D eigenvalue weighted by molar-refractivity contribution is 14.1. The smallest absolute Gasteiger partial charge is 0.255 e. The summed E-state index contributed by atoms with van der Waals surface area (Å²) >= 11 is 8.07. The summed E-state index contributed by atoms with van der Waals surface area (Å²) in [6.45, 7) is 0.169. The molecule has 7 nitrogen and oxygen atoms in total. The van der Waals surface area contributed by atoms with Gasteiger partial charge in [-0.1, -0.05) is 16.8 Å². The van der Waals surface area contributed by atoms with E-state index in [4.69, 9.17) is 16.3 Å². The van der Waals surface area contributed by atoms with Crippen LogP contribution in [0.2, 0.25) is 5.02 Å². The lowest BCUT2D eigenvalue weighted by molar-refractivity contribution is 0.0947. The number of tetrazole rings is 1. The third kappa shape index (κ3) is 3.32. The number of hydrogen-bond donors (Lipinski definition) is 2. The van der Waals surface area contributed by atoms with Gasteiger partial charge in [-0.3, -0.25) is 4.79 Å². The summed E-state index contributed by atoms with van der Waals surface area (Å²) < 4.78 is 5.98. The Kier molecular flexibility index (Phi) is 4.53. The Bertz CT molecular complexity index is 590. The minimum atomic E-state index is -0.319. The van der Waals surface area contributed by atoms with Crippen molar-refractivity contribution in [1.29, 1.82) is 0 Å². The number of rotatable bonds is 4. The molecule has 2 rings (SSSR count). The average Bonchev–Trinajstić information content (AvgIpc) is 2.91. The molecule has 2 N–H and O–H groups in total. The van der Waals surface area contributed by atoms with Gasteiger partial charge in [-0.25, -0.2) is 0 Å². The van der Waals surface area contributed by atoms with E-state index in [-0.39, 0.29) is 12.5 Å². The van der Waals surface area contributed by atoms with E-state index in [1.165, 1.54) is 7.11 Å². The maximum absolute atomic E-state index is 12.0. The van der Waals surface area contributed by atoms with E-state index >= 15 is 0 Å². The summed E-state index contributed by atoms with van der Waals surface area (Å²) in [7, 11) is 1.50. The molecule has 9 heteroatoms. The van der Waals surface area contributed by atoms with Crippen molar-refractivity contribution in [2.24, 2.45) is 0 Å². The molecule has 0 atom stereocenters. The number of halogens is 2. The van der Waals surface area contributed by atoms with Crippen molar-refractivity contribution in [3.05, 3.63) is 32.1 Å². The van der Waals surface area contributed by atoms with Gasteiger partial charge in [-0.05, 0) is 34.7 Å². The molecule has 0 saturated heterocycles. The van der Waals surface area contributed by atoms with Crippen molar-refractivity contribution in [3.63, 3.8) is 0 Å². The number of aromatic nitrogens is 4. The Morgan fingerprint density at radius 1 is 1.58 bits per heavy atom. The summed E-state index contributed by atoms with van der Waals surface area (Å²) in [5, 5.41) is 16.3. The fourth-order valence-electron chi connectivity index (χ4n) is 1.39. The highest BCUT2D eigenvalue weighted by Gasteiger charge is 2.15. The number of hydrogen-bond acceptors (Lipinski definition) is 5. The summed E-state index contributed by atoms with van der Waals surface area (Å²) in [6.07, 6.45) is 0. The highest BCUT2D eigenvalue weighted by atomic mass is 127. The fourth-order valence-corrected chi connectivity index (χ4v) is 1.99. The van der Waals surface area contributed by atoms with E-state index in [0.29, 0.717) is 22.2 Å². The molecule has 1 aromatic carbocycles. The van der Waals surface area contributed by atoms with Crippen LogP contribution in [0.4, 0.5) is 0 Å². The van der Waals surface area contributed by atoms with Gasteiger partial charge < -0.3 is 10.1 Å². The molecule has 0 spiro atoms. The van der Waals surface area contributed by atoms with Gasteiger partial charge in [0.2, 0.25) is 0 Å². The predicted octanol–water partition coefficient (Wildman–Crippen LogP) is 1.40. The topological polar surface area (TPSA) is 92.8 Å². The van der Waals surface area contributed by atoms with Gasteiger partial charge >= 0.3 is 0 Å². The van der Waals surface area contributed by atoms with Gasteiger partial charge in [0.25, 0.3) is 5.91 Å². The van der Waals surface area contributed by atoms with Crippen LogP contribution in [0.5, 0.6) is 5.75 Å². The summed E-state index contributed by atoms with van der Waals surface area (Å²) in [6, 6.07) is 3.26. The quantitative estimate of drug-likeness (QED) is 0.766. The first-order chi connectivity index (χ1) is 9.11. The summed E-state index contributed by atoms with van der Waals surface area (Å²) in [5.74, 6) is 0.531. The van der Waals surface area contributed by atoms with Crippen LogP contribution in [0, 0.1) is 3.57 Å². The zero-order valence-electron chi connectivity index (χ0n) is 9.78. The minimum Gasteiger partial charge on any atom is -0.496 e. The van der Waals surface area contributed by atoms with Crippen LogP contribution in [0.1, 0.15) is 16.2 Å². The Balaban J connectivity index is 2.16. The molecule has 0 aliphatic carbocycles. The third-order valence-electron chi connectivity index (χ3n) is 2.28. The molecule has 0 unspecified atom stereocenters. The van der Waals surface area contributed by atoms with Crippen molar-refractivity contribution < 1.29 is 9.53 Å². The molecule has 0 fully saturated rings. The number of methoxy groups -OCH3 is 1. The molecule has 1 heterocycles. The molecule has 0 saturated carbocycles. The molecule has 1 amide bonds. The molecule has 1 aromatic heterocycles. The van der Waals surface area contributed by atoms with Crippen LogP contribution in [-0.2, 0) is 6.54 Å². The number of ether oxygens (including phenoxy) is 1. The number of carbonyl (C=O) groups excluding carboxylic acids is 1. The standard InChI is InChI=1S/C10H9ClIN5O2/c1-19-8-3-7(12)6(11)2-5(8)10(18)13-4-9-14-16-17-15-9/h2-3H,4H2,1H3,(H,13,18)(H,14,15,16,17). The predicted molar refractivity (Wildman–Crippen MR) is 76.1 cm³/mol. The van der Waals surface area contributed by atoms with Crippen LogP contribution in [-0.4, -0.2) is 33.6 Å². The lowest BCUT2D eigenvalue weighted by atomic mass is 10.2. The SMILES string of the molecule is COc1cc(I)c(Cl)cc1C(=O)NCc1nn[nH]n1.